The van der Waals surface area contributed by atoms with Crippen molar-refractivity contribution in [1.82, 2.24) is 4.98 Å². The fourth-order valence-electron chi connectivity index (χ4n) is 2.88. The zero-order valence-electron chi connectivity index (χ0n) is 12.2. The maximum atomic E-state index is 11.5. The number of aromatic carboxylic acids is 1. The van der Waals surface area contributed by atoms with Crippen molar-refractivity contribution in [3.8, 4) is 0 Å². The number of nitrogens with zero attached hydrogens (tertiary/aromatic N) is 2. The topological polar surface area (TPSA) is 79.5 Å². The first-order chi connectivity index (χ1) is 9.49. The Balaban J connectivity index is 2.39. The third kappa shape index (κ3) is 3.21. The Kier molecular flexibility index (Phi) is 4.47. The molecule has 0 spiro atoms. The fourth-order valence-corrected chi connectivity index (χ4v) is 2.88. The molecule has 20 heavy (non-hydrogen) atoms. The van der Waals surface area contributed by atoms with E-state index < -0.39 is 5.97 Å². The lowest BCUT2D eigenvalue weighted by molar-refractivity contribution is 0.0697. The number of anilines is 2. The van der Waals surface area contributed by atoms with Crippen LogP contribution in [-0.4, -0.2) is 28.6 Å². The Morgan fingerprint density at radius 3 is 2.70 bits per heavy atom. The molecule has 1 saturated carbocycles. The monoisotopic (exact) mass is 277 g/mol. The minimum absolute atomic E-state index is 0.206. The first-order valence-corrected chi connectivity index (χ1v) is 7.24. The van der Waals surface area contributed by atoms with Gasteiger partial charge in [0.1, 0.15) is 11.4 Å². The standard InChI is InChI=1S/C15H23N3O2/c1-10(2)9-18(12-5-3-4-6-12)14-13(15(19)20)7-11(16)8-17-14/h7-8,10,12H,3-6,9,16H2,1-2H3,(H,19,20). The van der Waals surface area contributed by atoms with Gasteiger partial charge in [0, 0.05) is 12.6 Å². The van der Waals surface area contributed by atoms with E-state index in [9.17, 15) is 9.90 Å². The maximum absolute atomic E-state index is 11.5. The summed E-state index contributed by atoms with van der Waals surface area (Å²) in [6.07, 6.45) is 6.17. The van der Waals surface area contributed by atoms with Gasteiger partial charge in [-0.1, -0.05) is 26.7 Å². The van der Waals surface area contributed by atoms with Crippen LogP contribution < -0.4 is 10.6 Å². The SMILES string of the molecule is CC(C)CN(c1ncc(N)cc1C(=O)O)C1CCCC1. The molecule has 110 valence electrons. The number of carboxylic acids is 1. The number of rotatable bonds is 5. The molecule has 2 rings (SSSR count). The molecule has 0 bridgehead atoms. The van der Waals surface area contributed by atoms with Crippen molar-refractivity contribution in [1.29, 1.82) is 0 Å². The van der Waals surface area contributed by atoms with E-state index in [0.29, 0.717) is 23.5 Å². The number of aromatic nitrogens is 1. The highest BCUT2D eigenvalue weighted by atomic mass is 16.4. The van der Waals surface area contributed by atoms with Crippen LogP contribution in [0.3, 0.4) is 0 Å². The number of carboxylic acid groups (broad SMARTS) is 1. The predicted octanol–water partition coefficient (Wildman–Crippen LogP) is 2.77. The van der Waals surface area contributed by atoms with E-state index in [0.717, 1.165) is 19.4 Å². The molecule has 1 aromatic heterocycles. The van der Waals surface area contributed by atoms with Crippen LogP contribution in [-0.2, 0) is 0 Å². The van der Waals surface area contributed by atoms with Gasteiger partial charge in [0.2, 0.25) is 0 Å². The summed E-state index contributed by atoms with van der Waals surface area (Å²) in [5.41, 5.74) is 6.27. The van der Waals surface area contributed by atoms with Gasteiger partial charge in [-0.15, -0.1) is 0 Å². The molecule has 5 nitrogen and oxygen atoms in total. The van der Waals surface area contributed by atoms with Crippen LogP contribution in [0.2, 0.25) is 0 Å². The fraction of sp³-hybridized carbons (Fsp3) is 0.600. The van der Waals surface area contributed by atoms with Crippen molar-refractivity contribution in [3.05, 3.63) is 17.8 Å². The second-order valence-electron chi connectivity index (χ2n) is 5.93. The number of hydrogen-bond acceptors (Lipinski definition) is 4. The Morgan fingerprint density at radius 1 is 1.50 bits per heavy atom. The van der Waals surface area contributed by atoms with Gasteiger partial charge in [0.25, 0.3) is 0 Å². The molecule has 5 heteroatoms. The van der Waals surface area contributed by atoms with Crippen LogP contribution in [0.15, 0.2) is 12.3 Å². The van der Waals surface area contributed by atoms with E-state index in [1.165, 1.54) is 18.9 Å². The van der Waals surface area contributed by atoms with Gasteiger partial charge in [0.05, 0.1) is 11.9 Å². The number of nitrogens with two attached hydrogens (primary N) is 1. The molecule has 0 saturated heterocycles. The van der Waals surface area contributed by atoms with Gasteiger partial charge in [-0.05, 0) is 24.8 Å². The van der Waals surface area contributed by atoms with Gasteiger partial charge < -0.3 is 15.7 Å². The summed E-state index contributed by atoms with van der Waals surface area (Å²) in [6.45, 7) is 5.10. The van der Waals surface area contributed by atoms with Crippen LogP contribution in [0.25, 0.3) is 0 Å². The minimum Gasteiger partial charge on any atom is -0.478 e. The van der Waals surface area contributed by atoms with E-state index >= 15 is 0 Å². The van der Waals surface area contributed by atoms with Crippen LogP contribution in [0.1, 0.15) is 49.9 Å². The largest absolute Gasteiger partial charge is 0.478 e. The quantitative estimate of drug-likeness (QED) is 0.865. The average molecular weight is 277 g/mol. The third-order valence-corrected chi connectivity index (χ3v) is 3.72. The van der Waals surface area contributed by atoms with Gasteiger partial charge in [-0.2, -0.15) is 0 Å². The van der Waals surface area contributed by atoms with Crippen LogP contribution in [0.4, 0.5) is 11.5 Å². The zero-order valence-corrected chi connectivity index (χ0v) is 12.2. The molecule has 1 aliphatic carbocycles. The van der Waals surface area contributed by atoms with Crippen molar-refractivity contribution < 1.29 is 9.90 Å². The lowest BCUT2D eigenvalue weighted by Crippen LogP contribution is -2.38. The highest BCUT2D eigenvalue weighted by molar-refractivity contribution is 5.94. The Morgan fingerprint density at radius 2 is 2.15 bits per heavy atom. The van der Waals surface area contributed by atoms with Crippen molar-refractivity contribution in [2.75, 3.05) is 17.2 Å². The smallest absolute Gasteiger partial charge is 0.339 e. The van der Waals surface area contributed by atoms with Gasteiger partial charge >= 0.3 is 5.97 Å². The summed E-state index contributed by atoms with van der Waals surface area (Å²) in [7, 11) is 0. The molecular weight excluding hydrogens is 254 g/mol. The average Bonchev–Trinajstić information content (AvgIpc) is 2.89. The third-order valence-electron chi connectivity index (χ3n) is 3.72. The van der Waals surface area contributed by atoms with E-state index in [1.54, 1.807) is 6.20 Å². The number of nitrogen functional groups attached to an aromatic ring is 1. The van der Waals surface area contributed by atoms with E-state index in [-0.39, 0.29) is 5.56 Å². The second kappa shape index (κ2) is 6.11. The summed E-state index contributed by atoms with van der Waals surface area (Å²) >= 11 is 0. The van der Waals surface area contributed by atoms with Crippen molar-refractivity contribution in [3.63, 3.8) is 0 Å². The zero-order chi connectivity index (χ0) is 14.7. The lowest BCUT2D eigenvalue weighted by Gasteiger charge is -2.32. The highest BCUT2D eigenvalue weighted by Gasteiger charge is 2.27. The Hall–Kier alpha value is -1.78. The molecule has 0 atom stereocenters. The molecule has 0 aromatic carbocycles. The lowest BCUT2D eigenvalue weighted by atomic mass is 10.1. The van der Waals surface area contributed by atoms with Gasteiger partial charge in [0.15, 0.2) is 0 Å². The molecule has 1 heterocycles. The molecule has 0 unspecified atom stereocenters. The predicted molar refractivity (Wildman–Crippen MR) is 80.0 cm³/mol. The molecule has 1 aromatic rings. The Labute approximate surface area is 119 Å². The van der Waals surface area contributed by atoms with E-state index in [2.05, 4.69) is 23.7 Å². The summed E-state index contributed by atoms with van der Waals surface area (Å²) in [4.78, 5) is 17.9. The van der Waals surface area contributed by atoms with Crippen molar-refractivity contribution in [2.24, 2.45) is 5.92 Å². The van der Waals surface area contributed by atoms with Crippen molar-refractivity contribution >= 4 is 17.5 Å². The summed E-state index contributed by atoms with van der Waals surface area (Å²) in [5.74, 6) is 0.0513. The second-order valence-corrected chi connectivity index (χ2v) is 5.93. The highest BCUT2D eigenvalue weighted by Crippen LogP contribution is 2.30. The Bertz CT molecular complexity index is 482. The molecule has 0 radical (unpaired) electrons. The first-order valence-electron chi connectivity index (χ1n) is 7.24. The maximum Gasteiger partial charge on any atom is 0.339 e. The number of pyridine rings is 1. The van der Waals surface area contributed by atoms with E-state index in [4.69, 9.17) is 5.73 Å². The molecule has 1 aliphatic rings. The van der Waals surface area contributed by atoms with Gasteiger partial charge in [-0.3, -0.25) is 0 Å². The van der Waals surface area contributed by atoms with Crippen LogP contribution in [0, 0.1) is 5.92 Å². The molecular formula is C15H23N3O2. The number of carbonyl (C=O) groups is 1. The number of hydrogen-bond donors (Lipinski definition) is 2. The molecule has 0 aliphatic heterocycles. The summed E-state index contributed by atoms with van der Waals surface area (Å²) in [5, 5.41) is 9.39. The van der Waals surface area contributed by atoms with Crippen molar-refractivity contribution in [2.45, 2.75) is 45.6 Å². The first kappa shape index (κ1) is 14.6. The van der Waals surface area contributed by atoms with Crippen LogP contribution in [0.5, 0.6) is 0 Å². The molecule has 1 fully saturated rings. The van der Waals surface area contributed by atoms with E-state index in [1.807, 2.05) is 0 Å². The normalized spacial score (nSPS) is 15.8. The van der Waals surface area contributed by atoms with Gasteiger partial charge in [-0.25, -0.2) is 9.78 Å². The summed E-state index contributed by atoms with van der Waals surface area (Å²) < 4.78 is 0. The van der Waals surface area contributed by atoms with Crippen LogP contribution >= 0.6 is 0 Å². The molecule has 3 N–H and O–H groups in total. The minimum atomic E-state index is -0.966. The molecule has 0 amide bonds. The summed E-state index contributed by atoms with van der Waals surface area (Å²) in [6, 6.07) is 1.90.